The Morgan fingerprint density at radius 1 is 1.10 bits per heavy atom. The summed E-state index contributed by atoms with van der Waals surface area (Å²) in [5.74, 6) is -0.456. The number of nitrogens with two attached hydrogens (primary N) is 1. The van der Waals surface area contributed by atoms with E-state index in [1.54, 1.807) is 18.2 Å². The number of amides is 2. The summed E-state index contributed by atoms with van der Waals surface area (Å²) in [5.41, 5.74) is 8.37. The van der Waals surface area contributed by atoms with E-state index in [2.05, 4.69) is 31.0 Å². The van der Waals surface area contributed by atoms with Crippen molar-refractivity contribution in [1.82, 2.24) is 20.4 Å². The van der Waals surface area contributed by atoms with Crippen LogP contribution in [0.3, 0.4) is 0 Å². The van der Waals surface area contributed by atoms with Crippen molar-refractivity contribution in [3.05, 3.63) is 72.1 Å². The number of nitrogens with one attached hydrogen (secondary N) is 4. The minimum absolute atomic E-state index is 0.140. The highest BCUT2D eigenvalue weighted by atomic mass is 16.2. The van der Waals surface area contributed by atoms with Gasteiger partial charge in [0.1, 0.15) is 0 Å². The average Bonchev–Trinajstić information content (AvgIpc) is 3.43. The Kier molecular flexibility index (Phi) is 5.53. The van der Waals surface area contributed by atoms with Gasteiger partial charge in [0.05, 0.1) is 23.2 Å². The molecule has 1 unspecified atom stereocenters. The van der Waals surface area contributed by atoms with Gasteiger partial charge in [0.25, 0.3) is 5.91 Å². The molecule has 6 N–H and O–H groups in total. The van der Waals surface area contributed by atoms with Gasteiger partial charge in [-0.15, -0.1) is 0 Å². The monoisotopic (exact) mass is 403 g/mol. The van der Waals surface area contributed by atoms with E-state index in [0.717, 1.165) is 11.1 Å². The molecule has 0 saturated heterocycles. The lowest BCUT2D eigenvalue weighted by Gasteiger charge is -2.16. The van der Waals surface area contributed by atoms with Gasteiger partial charge in [-0.25, -0.2) is 0 Å². The number of rotatable bonds is 7. The lowest BCUT2D eigenvalue weighted by molar-refractivity contribution is -0.117. The van der Waals surface area contributed by atoms with Crippen LogP contribution < -0.4 is 16.4 Å². The highest BCUT2D eigenvalue weighted by Gasteiger charge is 2.20. The number of aromatic nitrogens is 4. The lowest BCUT2D eigenvalue weighted by atomic mass is 9.94. The third kappa shape index (κ3) is 4.06. The normalized spacial score (nSPS) is 11.9. The van der Waals surface area contributed by atoms with Crippen molar-refractivity contribution in [2.75, 3.05) is 17.2 Å². The molecule has 0 aliphatic carbocycles. The fourth-order valence-electron chi connectivity index (χ4n) is 3.27. The first-order valence-electron chi connectivity index (χ1n) is 9.50. The lowest BCUT2D eigenvalue weighted by Crippen LogP contribution is -2.23. The molecular formula is C21H21N7O2. The van der Waals surface area contributed by atoms with E-state index in [-0.39, 0.29) is 17.7 Å². The number of fused-ring (bicyclic) bond motifs is 1. The molecule has 4 rings (SSSR count). The number of nitrogens with zero attached hydrogens (tertiary/aromatic N) is 2. The summed E-state index contributed by atoms with van der Waals surface area (Å²) in [4.78, 5) is 25.2. The van der Waals surface area contributed by atoms with Gasteiger partial charge in [0, 0.05) is 17.3 Å². The molecule has 0 fully saturated rings. The number of carbonyl (C=O) groups is 2. The summed E-state index contributed by atoms with van der Waals surface area (Å²) in [5, 5.41) is 19.8. The number of aromatic amines is 2. The van der Waals surface area contributed by atoms with Crippen molar-refractivity contribution in [2.45, 2.75) is 12.3 Å². The van der Waals surface area contributed by atoms with Crippen molar-refractivity contribution < 1.29 is 9.59 Å². The van der Waals surface area contributed by atoms with E-state index >= 15 is 0 Å². The highest BCUT2D eigenvalue weighted by molar-refractivity contribution is 6.08. The minimum Gasteiger partial charge on any atom is -0.330 e. The molecule has 0 bridgehead atoms. The van der Waals surface area contributed by atoms with E-state index in [9.17, 15) is 9.59 Å². The fourth-order valence-corrected chi connectivity index (χ4v) is 3.27. The second-order valence-electron chi connectivity index (χ2n) is 6.80. The van der Waals surface area contributed by atoms with Crippen LogP contribution in [0.25, 0.3) is 10.9 Å². The Morgan fingerprint density at radius 2 is 1.93 bits per heavy atom. The molecule has 0 aliphatic heterocycles. The average molecular weight is 403 g/mol. The molecule has 0 radical (unpaired) electrons. The fraction of sp³-hybridized carbons (Fsp3) is 0.143. The van der Waals surface area contributed by atoms with Crippen LogP contribution in [-0.4, -0.2) is 38.8 Å². The maximum absolute atomic E-state index is 12.9. The van der Waals surface area contributed by atoms with Crippen LogP contribution >= 0.6 is 0 Å². The maximum atomic E-state index is 12.9. The van der Waals surface area contributed by atoms with Crippen LogP contribution in [-0.2, 0) is 4.79 Å². The van der Waals surface area contributed by atoms with Crippen molar-refractivity contribution in [3.63, 3.8) is 0 Å². The van der Waals surface area contributed by atoms with Gasteiger partial charge in [-0.2, -0.15) is 10.2 Å². The topological polar surface area (TPSA) is 142 Å². The highest BCUT2D eigenvalue weighted by Crippen LogP contribution is 2.26. The van der Waals surface area contributed by atoms with Gasteiger partial charge in [-0.05, 0) is 36.7 Å². The first-order chi connectivity index (χ1) is 14.7. The summed E-state index contributed by atoms with van der Waals surface area (Å²) in [6.07, 6.45) is 3.46. The Morgan fingerprint density at radius 3 is 2.67 bits per heavy atom. The Balaban J connectivity index is 1.55. The van der Waals surface area contributed by atoms with E-state index in [1.165, 1.54) is 12.4 Å². The molecule has 0 saturated carbocycles. The maximum Gasteiger partial charge on any atom is 0.260 e. The summed E-state index contributed by atoms with van der Waals surface area (Å²) in [7, 11) is 0. The predicted octanol–water partition coefficient (Wildman–Crippen LogP) is 2.61. The van der Waals surface area contributed by atoms with Crippen LogP contribution in [0, 0.1) is 0 Å². The van der Waals surface area contributed by atoms with Gasteiger partial charge >= 0.3 is 0 Å². The Hall–Kier alpha value is -3.98. The molecule has 1 atom stereocenters. The van der Waals surface area contributed by atoms with Crippen LogP contribution in [0.2, 0.25) is 0 Å². The summed E-state index contributed by atoms with van der Waals surface area (Å²) in [6.45, 7) is 0.401. The van der Waals surface area contributed by atoms with Crippen molar-refractivity contribution in [2.24, 2.45) is 5.73 Å². The molecule has 0 spiro atoms. The number of anilines is 2. The standard InChI is InChI=1S/C21H21N7O2/c22-9-8-16(13-4-2-1-3-5-13)21(30)25-15-6-7-18-17(10-15)19(28-27-18)26-20(29)14-11-23-24-12-14/h1-7,10-12,16H,8-9,22H2,(H,23,24)(H,25,30)(H2,26,27,28,29). The van der Waals surface area contributed by atoms with Crippen molar-refractivity contribution in [3.8, 4) is 0 Å². The Bertz CT molecular complexity index is 1150. The summed E-state index contributed by atoms with van der Waals surface area (Å²) >= 11 is 0. The van der Waals surface area contributed by atoms with Crippen molar-refractivity contribution >= 4 is 34.2 Å². The second-order valence-corrected chi connectivity index (χ2v) is 6.80. The number of hydrogen-bond donors (Lipinski definition) is 5. The molecule has 2 amide bonds. The van der Waals surface area contributed by atoms with Crippen LogP contribution in [0.5, 0.6) is 0 Å². The first-order valence-corrected chi connectivity index (χ1v) is 9.50. The molecule has 9 heteroatoms. The summed E-state index contributed by atoms with van der Waals surface area (Å²) < 4.78 is 0. The third-order valence-corrected chi connectivity index (χ3v) is 4.80. The zero-order chi connectivity index (χ0) is 20.9. The number of H-pyrrole nitrogens is 2. The molecule has 152 valence electrons. The molecule has 2 aromatic heterocycles. The minimum atomic E-state index is -0.350. The van der Waals surface area contributed by atoms with Crippen LogP contribution in [0.4, 0.5) is 11.5 Å². The van der Waals surface area contributed by atoms with E-state index in [4.69, 9.17) is 5.73 Å². The Labute approximate surface area is 172 Å². The number of hydrogen-bond acceptors (Lipinski definition) is 5. The van der Waals surface area contributed by atoms with Gasteiger partial charge in [-0.1, -0.05) is 30.3 Å². The predicted molar refractivity (Wildman–Crippen MR) is 114 cm³/mol. The SMILES string of the molecule is NCCC(C(=O)Nc1ccc2[nH]nc(NC(=O)c3cn[nH]c3)c2c1)c1ccccc1. The molecule has 0 aliphatic rings. The molecule has 30 heavy (non-hydrogen) atoms. The van der Waals surface area contributed by atoms with Gasteiger partial charge < -0.3 is 16.4 Å². The second kappa shape index (κ2) is 8.58. The number of carbonyl (C=O) groups excluding carboxylic acids is 2. The molecule has 4 aromatic rings. The van der Waals surface area contributed by atoms with Gasteiger partial charge in [0.2, 0.25) is 5.91 Å². The molecule has 9 nitrogen and oxygen atoms in total. The zero-order valence-electron chi connectivity index (χ0n) is 16.1. The van der Waals surface area contributed by atoms with E-state index < -0.39 is 0 Å². The zero-order valence-corrected chi connectivity index (χ0v) is 16.1. The van der Waals surface area contributed by atoms with E-state index in [1.807, 2.05) is 30.3 Å². The first kappa shape index (κ1) is 19.3. The third-order valence-electron chi connectivity index (χ3n) is 4.80. The number of benzene rings is 2. The van der Waals surface area contributed by atoms with Gasteiger partial charge in [0.15, 0.2) is 5.82 Å². The van der Waals surface area contributed by atoms with Crippen molar-refractivity contribution in [1.29, 1.82) is 0 Å². The largest absolute Gasteiger partial charge is 0.330 e. The summed E-state index contributed by atoms with van der Waals surface area (Å²) in [6, 6.07) is 14.9. The quantitative estimate of drug-likeness (QED) is 0.322. The van der Waals surface area contributed by atoms with Crippen LogP contribution in [0.15, 0.2) is 60.9 Å². The molecule has 2 heterocycles. The van der Waals surface area contributed by atoms with Gasteiger partial charge in [-0.3, -0.25) is 19.8 Å². The molecule has 2 aromatic carbocycles. The molecular weight excluding hydrogens is 382 g/mol. The van der Waals surface area contributed by atoms with Crippen LogP contribution in [0.1, 0.15) is 28.3 Å². The van der Waals surface area contributed by atoms with E-state index in [0.29, 0.717) is 35.4 Å². The smallest absolute Gasteiger partial charge is 0.260 e.